The number of aliphatic hydroxyl groups excluding tert-OH is 1. The van der Waals surface area contributed by atoms with Crippen molar-refractivity contribution >= 4 is 5.91 Å². The van der Waals surface area contributed by atoms with E-state index in [2.05, 4.69) is 6.92 Å². The molecular formula is C12H21NO2. The second kappa shape index (κ2) is 4.52. The smallest absolute Gasteiger partial charge is 0.226 e. The van der Waals surface area contributed by atoms with Crippen molar-refractivity contribution < 1.29 is 9.90 Å². The molecule has 0 aromatic heterocycles. The van der Waals surface area contributed by atoms with Crippen molar-refractivity contribution in [1.82, 2.24) is 4.90 Å². The van der Waals surface area contributed by atoms with Gasteiger partial charge in [-0.2, -0.15) is 0 Å². The third kappa shape index (κ3) is 2.33. The maximum atomic E-state index is 12.1. The summed E-state index contributed by atoms with van der Waals surface area (Å²) in [6, 6.07) is 0.483. The Morgan fingerprint density at radius 1 is 1.47 bits per heavy atom. The lowest BCUT2D eigenvalue weighted by molar-refractivity contribution is -0.137. The number of hydrogen-bond acceptors (Lipinski definition) is 2. The molecule has 0 saturated heterocycles. The van der Waals surface area contributed by atoms with Crippen molar-refractivity contribution in [1.29, 1.82) is 0 Å². The van der Waals surface area contributed by atoms with Gasteiger partial charge < -0.3 is 10.0 Å². The molecule has 2 atom stereocenters. The average molecular weight is 211 g/mol. The summed E-state index contributed by atoms with van der Waals surface area (Å²) in [5.74, 6) is 1.24. The van der Waals surface area contributed by atoms with Crippen molar-refractivity contribution in [2.75, 3.05) is 13.2 Å². The van der Waals surface area contributed by atoms with Crippen molar-refractivity contribution in [2.45, 2.75) is 45.1 Å². The molecule has 0 radical (unpaired) electrons. The lowest BCUT2D eigenvalue weighted by atomic mass is 9.91. The van der Waals surface area contributed by atoms with E-state index in [1.54, 1.807) is 0 Å². The molecule has 0 heterocycles. The van der Waals surface area contributed by atoms with Crippen LogP contribution in [0.2, 0.25) is 0 Å². The zero-order valence-corrected chi connectivity index (χ0v) is 9.48. The zero-order chi connectivity index (χ0) is 10.8. The van der Waals surface area contributed by atoms with Crippen LogP contribution in [0.3, 0.4) is 0 Å². The Labute approximate surface area is 91.5 Å². The Kier molecular flexibility index (Phi) is 3.29. The van der Waals surface area contributed by atoms with Crippen molar-refractivity contribution in [3.8, 4) is 0 Å². The van der Waals surface area contributed by atoms with E-state index in [0.717, 1.165) is 32.2 Å². The van der Waals surface area contributed by atoms with E-state index in [-0.39, 0.29) is 6.61 Å². The first kappa shape index (κ1) is 10.9. The Morgan fingerprint density at radius 2 is 2.13 bits per heavy atom. The van der Waals surface area contributed by atoms with Crippen molar-refractivity contribution in [3.63, 3.8) is 0 Å². The molecule has 15 heavy (non-hydrogen) atoms. The third-order valence-corrected chi connectivity index (χ3v) is 3.78. The normalized spacial score (nSPS) is 29.7. The largest absolute Gasteiger partial charge is 0.396 e. The Hall–Kier alpha value is -0.570. The van der Waals surface area contributed by atoms with Crippen LogP contribution in [0.15, 0.2) is 0 Å². The first-order chi connectivity index (χ1) is 7.24. The number of rotatable bonds is 5. The molecule has 2 aliphatic rings. The molecule has 3 heteroatoms. The van der Waals surface area contributed by atoms with Crippen LogP contribution in [-0.4, -0.2) is 35.1 Å². The Morgan fingerprint density at radius 3 is 2.53 bits per heavy atom. The summed E-state index contributed by atoms with van der Waals surface area (Å²) in [6.07, 6.45) is 5.38. The summed E-state index contributed by atoms with van der Waals surface area (Å²) in [6.45, 7) is 3.09. The summed E-state index contributed by atoms with van der Waals surface area (Å²) in [5.41, 5.74) is 0. The van der Waals surface area contributed by atoms with Crippen LogP contribution in [0.1, 0.15) is 39.0 Å². The molecule has 3 nitrogen and oxygen atoms in total. The maximum absolute atomic E-state index is 12.1. The minimum Gasteiger partial charge on any atom is -0.396 e. The van der Waals surface area contributed by atoms with E-state index in [0.29, 0.717) is 23.8 Å². The fourth-order valence-corrected chi connectivity index (χ4v) is 2.29. The number of carbonyl (C=O) groups excluding carboxylic acids is 1. The average Bonchev–Trinajstić information content (AvgIpc) is 2.85. The van der Waals surface area contributed by atoms with Gasteiger partial charge in [-0.3, -0.25) is 4.79 Å². The minimum absolute atomic E-state index is 0.191. The molecule has 2 aliphatic carbocycles. The van der Waals surface area contributed by atoms with Crippen molar-refractivity contribution in [3.05, 3.63) is 0 Å². The molecule has 0 aliphatic heterocycles. The molecule has 0 bridgehead atoms. The van der Waals surface area contributed by atoms with Crippen LogP contribution in [0.5, 0.6) is 0 Å². The van der Waals surface area contributed by atoms with Gasteiger partial charge in [-0.1, -0.05) is 6.92 Å². The summed E-state index contributed by atoms with van der Waals surface area (Å²) in [4.78, 5) is 14.1. The molecule has 1 N–H and O–H groups in total. The van der Waals surface area contributed by atoms with Gasteiger partial charge in [0.2, 0.25) is 5.91 Å². The van der Waals surface area contributed by atoms with Gasteiger partial charge in [0.05, 0.1) is 0 Å². The van der Waals surface area contributed by atoms with Gasteiger partial charge in [-0.15, -0.1) is 0 Å². The number of amides is 1. The Bertz CT molecular complexity index is 238. The summed E-state index contributed by atoms with van der Waals surface area (Å²) in [5, 5.41) is 8.84. The predicted molar refractivity (Wildman–Crippen MR) is 58.3 cm³/mol. The maximum Gasteiger partial charge on any atom is 0.226 e. The second-order valence-electron chi connectivity index (χ2n) is 5.01. The third-order valence-electron chi connectivity index (χ3n) is 3.78. The lowest BCUT2D eigenvalue weighted by Gasteiger charge is -2.38. The van der Waals surface area contributed by atoms with E-state index in [1.165, 1.54) is 6.42 Å². The molecule has 0 spiro atoms. The van der Waals surface area contributed by atoms with Crippen LogP contribution in [-0.2, 0) is 4.79 Å². The molecule has 0 aromatic rings. The number of hydrogen-bond donors (Lipinski definition) is 1. The van der Waals surface area contributed by atoms with Gasteiger partial charge in [0.25, 0.3) is 0 Å². The van der Waals surface area contributed by atoms with Gasteiger partial charge in [-0.25, -0.2) is 0 Å². The van der Waals surface area contributed by atoms with Crippen LogP contribution < -0.4 is 0 Å². The van der Waals surface area contributed by atoms with Gasteiger partial charge in [-0.05, 0) is 38.0 Å². The van der Waals surface area contributed by atoms with E-state index >= 15 is 0 Å². The first-order valence-electron chi connectivity index (χ1n) is 6.15. The minimum atomic E-state index is 0.191. The highest BCUT2D eigenvalue weighted by molar-refractivity contribution is 5.82. The highest BCUT2D eigenvalue weighted by Crippen LogP contribution is 2.40. The van der Waals surface area contributed by atoms with E-state index in [1.807, 2.05) is 4.90 Å². The van der Waals surface area contributed by atoms with Crippen LogP contribution >= 0.6 is 0 Å². The SMILES string of the molecule is CC1CC1C(=O)N(CCCO)C1CCC1. The number of nitrogens with zero attached hydrogens (tertiary/aromatic N) is 1. The predicted octanol–water partition coefficient (Wildman–Crippen LogP) is 1.41. The van der Waals surface area contributed by atoms with Gasteiger partial charge in [0.1, 0.15) is 0 Å². The van der Waals surface area contributed by atoms with Gasteiger partial charge in [0.15, 0.2) is 0 Å². The van der Waals surface area contributed by atoms with Gasteiger partial charge >= 0.3 is 0 Å². The monoisotopic (exact) mass is 211 g/mol. The molecular weight excluding hydrogens is 190 g/mol. The zero-order valence-electron chi connectivity index (χ0n) is 9.48. The van der Waals surface area contributed by atoms with E-state index in [4.69, 9.17) is 5.11 Å². The number of aliphatic hydroxyl groups is 1. The lowest BCUT2D eigenvalue weighted by Crippen LogP contribution is -2.45. The second-order valence-corrected chi connectivity index (χ2v) is 5.01. The highest BCUT2D eigenvalue weighted by atomic mass is 16.3. The number of carbonyl (C=O) groups is 1. The molecule has 2 unspecified atom stereocenters. The Balaban J connectivity index is 1.88. The molecule has 1 amide bonds. The summed E-state index contributed by atoms with van der Waals surface area (Å²) in [7, 11) is 0. The first-order valence-corrected chi connectivity index (χ1v) is 6.15. The standard InChI is InChI=1S/C12H21NO2/c1-9-8-11(9)12(15)13(6-3-7-14)10-4-2-5-10/h9-11,14H,2-8H2,1H3. The van der Waals surface area contributed by atoms with E-state index < -0.39 is 0 Å². The van der Waals surface area contributed by atoms with Crippen LogP contribution in [0, 0.1) is 11.8 Å². The molecule has 2 saturated carbocycles. The van der Waals surface area contributed by atoms with Crippen LogP contribution in [0.25, 0.3) is 0 Å². The van der Waals surface area contributed by atoms with Gasteiger partial charge in [0, 0.05) is 25.1 Å². The summed E-state index contributed by atoms with van der Waals surface area (Å²) < 4.78 is 0. The molecule has 86 valence electrons. The molecule has 2 fully saturated rings. The highest BCUT2D eigenvalue weighted by Gasteiger charge is 2.43. The fraction of sp³-hybridized carbons (Fsp3) is 0.917. The molecule has 0 aromatic carbocycles. The summed E-state index contributed by atoms with van der Waals surface area (Å²) >= 11 is 0. The topological polar surface area (TPSA) is 40.5 Å². The van der Waals surface area contributed by atoms with E-state index in [9.17, 15) is 4.79 Å². The molecule has 2 rings (SSSR count). The van der Waals surface area contributed by atoms with Crippen molar-refractivity contribution in [2.24, 2.45) is 11.8 Å². The fourth-order valence-electron chi connectivity index (χ4n) is 2.29. The quantitative estimate of drug-likeness (QED) is 0.747. The van der Waals surface area contributed by atoms with Crippen LogP contribution in [0.4, 0.5) is 0 Å².